The van der Waals surface area contributed by atoms with E-state index in [2.05, 4.69) is 15.4 Å². The monoisotopic (exact) mass is 300 g/mol. The molecule has 0 radical (unpaired) electrons. The molecule has 0 bridgehead atoms. The molecule has 1 aromatic rings. The molecular weight excluding hydrogens is 282 g/mol. The maximum Gasteiger partial charge on any atom is 0.387 e. The Bertz CT molecular complexity index is 491. The number of halogens is 2. The zero-order valence-electron chi connectivity index (χ0n) is 11.7. The second-order valence-electron chi connectivity index (χ2n) is 4.76. The first-order valence-corrected chi connectivity index (χ1v) is 6.74. The molecule has 0 aromatic heterocycles. The molecule has 1 fully saturated rings. The second-order valence-corrected chi connectivity index (χ2v) is 4.76. The summed E-state index contributed by atoms with van der Waals surface area (Å²) in [6.45, 7) is -1.32. The van der Waals surface area contributed by atoms with Crippen LogP contribution in [0.2, 0.25) is 0 Å². The molecule has 1 aliphatic heterocycles. The zero-order valence-corrected chi connectivity index (χ0v) is 11.7. The Morgan fingerprint density at radius 2 is 2.24 bits per heavy atom. The first-order chi connectivity index (χ1) is 10.1. The third kappa shape index (κ3) is 4.29. The van der Waals surface area contributed by atoms with Crippen LogP contribution in [0.3, 0.4) is 0 Å². The van der Waals surface area contributed by atoms with Crippen LogP contribution in [-0.4, -0.2) is 38.8 Å². The molecule has 5 nitrogen and oxygen atoms in total. The molecule has 0 aliphatic carbocycles. The standard InChI is InChI=1S/C14H18F2N2O3/c1-20-11-5-4-9(7-12(11)21-14(15)16)13(19)18-10-3-2-6-17-8-10/h4-5,7,10,14,17H,2-3,6,8H2,1H3,(H,18,19). The lowest BCUT2D eigenvalue weighted by molar-refractivity contribution is -0.0512. The van der Waals surface area contributed by atoms with Crippen LogP contribution < -0.4 is 20.1 Å². The van der Waals surface area contributed by atoms with Crippen molar-refractivity contribution < 1.29 is 23.0 Å². The minimum Gasteiger partial charge on any atom is -0.493 e. The quantitative estimate of drug-likeness (QED) is 0.870. The normalized spacial score (nSPS) is 18.4. The maximum absolute atomic E-state index is 12.4. The molecule has 2 N–H and O–H groups in total. The Labute approximate surface area is 121 Å². The number of nitrogens with one attached hydrogen (secondary N) is 2. The lowest BCUT2D eigenvalue weighted by Gasteiger charge is -2.24. The number of rotatable bonds is 5. The molecule has 1 saturated heterocycles. The van der Waals surface area contributed by atoms with E-state index in [1.165, 1.54) is 25.3 Å². The highest BCUT2D eigenvalue weighted by atomic mass is 19.3. The van der Waals surface area contributed by atoms with Gasteiger partial charge in [-0.1, -0.05) is 0 Å². The van der Waals surface area contributed by atoms with Gasteiger partial charge in [-0.2, -0.15) is 8.78 Å². The van der Waals surface area contributed by atoms with Crippen molar-refractivity contribution in [3.63, 3.8) is 0 Å². The number of hydrogen-bond donors (Lipinski definition) is 2. The van der Waals surface area contributed by atoms with Gasteiger partial charge in [0.05, 0.1) is 7.11 Å². The zero-order chi connectivity index (χ0) is 15.2. The number of carbonyl (C=O) groups excluding carboxylic acids is 1. The van der Waals surface area contributed by atoms with Crippen LogP contribution in [0.5, 0.6) is 11.5 Å². The van der Waals surface area contributed by atoms with Crippen molar-refractivity contribution in [1.29, 1.82) is 0 Å². The van der Waals surface area contributed by atoms with Gasteiger partial charge in [-0.15, -0.1) is 0 Å². The molecule has 1 aromatic carbocycles. The van der Waals surface area contributed by atoms with Crippen LogP contribution in [0.1, 0.15) is 23.2 Å². The van der Waals surface area contributed by atoms with Crippen LogP contribution in [0.15, 0.2) is 18.2 Å². The molecule has 1 aliphatic rings. The highest BCUT2D eigenvalue weighted by Gasteiger charge is 2.18. The molecule has 2 rings (SSSR count). The van der Waals surface area contributed by atoms with Crippen LogP contribution in [-0.2, 0) is 0 Å². The molecule has 7 heteroatoms. The van der Waals surface area contributed by atoms with Crippen molar-refractivity contribution in [2.75, 3.05) is 20.2 Å². The predicted molar refractivity (Wildman–Crippen MR) is 73.0 cm³/mol. The van der Waals surface area contributed by atoms with Gasteiger partial charge < -0.3 is 20.1 Å². The molecule has 116 valence electrons. The number of methoxy groups -OCH3 is 1. The van der Waals surface area contributed by atoms with Gasteiger partial charge in [0.1, 0.15) is 0 Å². The fourth-order valence-corrected chi connectivity index (χ4v) is 2.25. The molecule has 1 unspecified atom stereocenters. The van der Waals surface area contributed by atoms with E-state index in [-0.39, 0.29) is 29.0 Å². The molecule has 1 atom stereocenters. The summed E-state index contributed by atoms with van der Waals surface area (Å²) in [5.74, 6) is -0.307. The van der Waals surface area contributed by atoms with Crippen LogP contribution in [0.4, 0.5) is 8.78 Å². The lowest BCUT2D eigenvalue weighted by Crippen LogP contribution is -2.45. The third-order valence-corrected chi connectivity index (χ3v) is 3.27. The summed E-state index contributed by atoms with van der Waals surface area (Å²) in [6.07, 6.45) is 1.89. The van der Waals surface area contributed by atoms with Crippen molar-refractivity contribution in [2.45, 2.75) is 25.5 Å². The SMILES string of the molecule is COc1ccc(C(=O)NC2CCCNC2)cc1OC(F)F. The van der Waals surface area contributed by atoms with E-state index in [0.717, 1.165) is 19.4 Å². The Hall–Kier alpha value is -1.89. The van der Waals surface area contributed by atoms with E-state index in [4.69, 9.17) is 4.74 Å². The molecule has 1 heterocycles. The van der Waals surface area contributed by atoms with Gasteiger partial charge in [-0.3, -0.25) is 4.79 Å². The first-order valence-electron chi connectivity index (χ1n) is 6.74. The van der Waals surface area contributed by atoms with Gasteiger partial charge in [-0.25, -0.2) is 0 Å². The Balaban J connectivity index is 2.09. The lowest BCUT2D eigenvalue weighted by atomic mass is 10.1. The Kier molecular flexibility index (Phi) is 5.32. The number of ether oxygens (including phenoxy) is 2. The predicted octanol–water partition coefficient (Wildman–Crippen LogP) is 1.78. The van der Waals surface area contributed by atoms with E-state index < -0.39 is 6.61 Å². The first kappa shape index (κ1) is 15.5. The molecule has 1 amide bonds. The van der Waals surface area contributed by atoms with Crippen molar-refractivity contribution in [2.24, 2.45) is 0 Å². The number of alkyl halides is 2. The third-order valence-electron chi connectivity index (χ3n) is 3.27. The van der Waals surface area contributed by atoms with E-state index in [1.807, 2.05) is 0 Å². The Morgan fingerprint density at radius 1 is 1.43 bits per heavy atom. The number of benzene rings is 1. The number of amides is 1. The van der Waals surface area contributed by atoms with E-state index in [1.54, 1.807) is 0 Å². The summed E-state index contributed by atoms with van der Waals surface area (Å²) in [5.41, 5.74) is 0.261. The van der Waals surface area contributed by atoms with Gasteiger partial charge in [0.15, 0.2) is 11.5 Å². The summed E-state index contributed by atoms with van der Waals surface area (Å²) in [7, 11) is 1.35. The van der Waals surface area contributed by atoms with Crippen molar-refractivity contribution in [1.82, 2.24) is 10.6 Å². The molecule has 0 saturated carbocycles. The summed E-state index contributed by atoms with van der Waals surface area (Å²) in [6, 6.07) is 4.26. The fraction of sp³-hybridized carbons (Fsp3) is 0.500. The molecule has 21 heavy (non-hydrogen) atoms. The van der Waals surface area contributed by atoms with Crippen LogP contribution in [0.25, 0.3) is 0 Å². The van der Waals surface area contributed by atoms with Crippen LogP contribution >= 0.6 is 0 Å². The van der Waals surface area contributed by atoms with Crippen molar-refractivity contribution in [3.05, 3.63) is 23.8 Å². The summed E-state index contributed by atoms with van der Waals surface area (Å²) in [4.78, 5) is 12.1. The number of hydrogen-bond acceptors (Lipinski definition) is 4. The topological polar surface area (TPSA) is 59.6 Å². The maximum atomic E-state index is 12.4. The summed E-state index contributed by atoms with van der Waals surface area (Å²) in [5, 5.41) is 6.06. The van der Waals surface area contributed by atoms with E-state index in [9.17, 15) is 13.6 Å². The van der Waals surface area contributed by atoms with Crippen LogP contribution in [0, 0.1) is 0 Å². The minimum absolute atomic E-state index is 0.0489. The molecule has 0 spiro atoms. The smallest absolute Gasteiger partial charge is 0.387 e. The van der Waals surface area contributed by atoms with Gasteiger partial charge in [-0.05, 0) is 37.6 Å². The van der Waals surface area contributed by atoms with E-state index in [0.29, 0.717) is 6.54 Å². The average molecular weight is 300 g/mol. The largest absolute Gasteiger partial charge is 0.493 e. The highest BCUT2D eigenvalue weighted by Crippen LogP contribution is 2.29. The molecular formula is C14H18F2N2O3. The number of carbonyl (C=O) groups is 1. The van der Waals surface area contributed by atoms with E-state index >= 15 is 0 Å². The van der Waals surface area contributed by atoms with Gasteiger partial charge >= 0.3 is 6.61 Å². The van der Waals surface area contributed by atoms with Gasteiger partial charge in [0, 0.05) is 18.2 Å². The van der Waals surface area contributed by atoms with Gasteiger partial charge in [0.2, 0.25) is 0 Å². The summed E-state index contributed by atoms with van der Waals surface area (Å²) < 4.78 is 34.0. The average Bonchev–Trinajstić information content (AvgIpc) is 2.47. The minimum atomic E-state index is -2.97. The fourth-order valence-electron chi connectivity index (χ4n) is 2.25. The highest BCUT2D eigenvalue weighted by molar-refractivity contribution is 5.95. The summed E-state index contributed by atoms with van der Waals surface area (Å²) >= 11 is 0. The number of piperidine rings is 1. The van der Waals surface area contributed by atoms with Crippen molar-refractivity contribution in [3.8, 4) is 11.5 Å². The Morgan fingerprint density at radius 3 is 2.86 bits per heavy atom. The van der Waals surface area contributed by atoms with Gasteiger partial charge in [0.25, 0.3) is 5.91 Å². The van der Waals surface area contributed by atoms with Crippen molar-refractivity contribution >= 4 is 5.91 Å². The second kappa shape index (κ2) is 7.21.